The molecule has 1 aromatic carbocycles. The Morgan fingerprint density at radius 2 is 1.73 bits per heavy atom. The first kappa shape index (κ1) is 18.7. The fourth-order valence-corrected chi connectivity index (χ4v) is 4.04. The van der Waals surface area contributed by atoms with Gasteiger partial charge in [0, 0.05) is 44.4 Å². The van der Waals surface area contributed by atoms with Crippen molar-refractivity contribution >= 4 is 23.7 Å². The second-order valence-electron chi connectivity index (χ2n) is 7.55. The molecule has 9 heteroatoms. The zero-order valence-corrected chi connectivity index (χ0v) is 16.4. The smallest absolute Gasteiger partial charge is 0.261 e. The third-order valence-corrected chi connectivity index (χ3v) is 5.72. The lowest BCUT2D eigenvalue weighted by Crippen LogP contribution is -2.37. The lowest BCUT2D eigenvalue weighted by atomic mass is 10.1. The largest absolute Gasteiger partial charge is 0.378 e. The molecule has 1 fully saturated rings. The highest BCUT2D eigenvalue weighted by atomic mass is 16.5. The van der Waals surface area contributed by atoms with E-state index < -0.39 is 0 Å². The van der Waals surface area contributed by atoms with Crippen molar-refractivity contribution in [3.05, 3.63) is 52.8 Å². The first-order valence-electron chi connectivity index (χ1n) is 10.0. The van der Waals surface area contributed by atoms with Gasteiger partial charge < -0.3 is 14.5 Å². The van der Waals surface area contributed by atoms with Crippen LogP contribution in [0.1, 0.15) is 38.4 Å². The van der Waals surface area contributed by atoms with E-state index in [4.69, 9.17) is 4.74 Å². The highest BCUT2D eigenvalue weighted by molar-refractivity contribution is 6.21. The summed E-state index contributed by atoms with van der Waals surface area (Å²) >= 11 is 0. The number of fused-ring (bicyclic) bond motifs is 2. The summed E-state index contributed by atoms with van der Waals surface area (Å²) < 4.78 is 5.37. The van der Waals surface area contributed by atoms with Gasteiger partial charge in [0.25, 0.3) is 11.8 Å². The third-order valence-electron chi connectivity index (χ3n) is 5.72. The second-order valence-corrected chi connectivity index (χ2v) is 7.55. The summed E-state index contributed by atoms with van der Waals surface area (Å²) in [4.78, 5) is 51.7. The maximum atomic E-state index is 12.7. The molecule has 0 N–H and O–H groups in total. The molecule has 0 spiro atoms. The fourth-order valence-electron chi connectivity index (χ4n) is 4.04. The number of carbonyl (C=O) groups excluding carboxylic acids is 3. The molecule has 1 aromatic heterocycles. The molecular formula is C21H21N5O4. The quantitative estimate of drug-likeness (QED) is 0.693. The number of nitrogens with zero attached hydrogens (tertiary/aromatic N) is 5. The summed E-state index contributed by atoms with van der Waals surface area (Å²) in [5.74, 6) is -0.127. The van der Waals surface area contributed by atoms with Gasteiger partial charge in [-0.05, 0) is 12.1 Å². The van der Waals surface area contributed by atoms with Crippen LogP contribution in [0.5, 0.6) is 0 Å². The molecule has 3 amide bonds. The van der Waals surface area contributed by atoms with Gasteiger partial charge in [0.1, 0.15) is 0 Å². The molecule has 30 heavy (non-hydrogen) atoms. The summed E-state index contributed by atoms with van der Waals surface area (Å²) in [7, 11) is 0. The van der Waals surface area contributed by atoms with Crippen molar-refractivity contribution in [1.82, 2.24) is 19.8 Å². The van der Waals surface area contributed by atoms with Crippen molar-refractivity contribution in [2.45, 2.75) is 19.5 Å². The maximum absolute atomic E-state index is 12.7. The van der Waals surface area contributed by atoms with Crippen LogP contribution in [0, 0.1) is 0 Å². The minimum absolute atomic E-state index is 0.0722. The summed E-state index contributed by atoms with van der Waals surface area (Å²) in [6.45, 7) is 3.74. The number of morpholine rings is 1. The van der Waals surface area contributed by atoms with Gasteiger partial charge in [-0.3, -0.25) is 19.3 Å². The van der Waals surface area contributed by atoms with Crippen LogP contribution in [0.3, 0.4) is 0 Å². The van der Waals surface area contributed by atoms with E-state index in [9.17, 15) is 14.4 Å². The number of carbonyl (C=O) groups is 3. The van der Waals surface area contributed by atoms with Crippen molar-refractivity contribution in [3.8, 4) is 0 Å². The topological polar surface area (TPSA) is 95.9 Å². The summed E-state index contributed by atoms with van der Waals surface area (Å²) in [6.07, 6.45) is 1.87. The van der Waals surface area contributed by atoms with Crippen LogP contribution in [-0.4, -0.2) is 70.3 Å². The van der Waals surface area contributed by atoms with E-state index in [1.165, 1.54) is 0 Å². The van der Waals surface area contributed by atoms with Crippen LogP contribution in [-0.2, 0) is 22.6 Å². The molecule has 0 aliphatic carbocycles. The molecule has 4 heterocycles. The molecule has 9 nitrogen and oxygen atoms in total. The fraction of sp³-hybridized carbons (Fsp3) is 0.381. The third kappa shape index (κ3) is 3.21. The Labute approximate surface area is 173 Å². The SMILES string of the molecule is O=C(CCN1C(=O)c2ccccc2C1=O)N1Cc2cnc(N3CCOCC3)nc2C1. The first-order valence-corrected chi connectivity index (χ1v) is 10.0. The zero-order valence-electron chi connectivity index (χ0n) is 16.4. The van der Waals surface area contributed by atoms with Crippen LogP contribution >= 0.6 is 0 Å². The number of amides is 3. The lowest BCUT2D eigenvalue weighted by molar-refractivity contribution is -0.131. The number of benzene rings is 1. The number of anilines is 1. The van der Waals surface area contributed by atoms with Crippen molar-refractivity contribution in [2.24, 2.45) is 0 Å². The number of aromatic nitrogens is 2. The van der Waals surface area contributed by atoms with Gasteiger partial charge in [0.05, 0.1) is 36.6 Å². The monoisotopic (exact) mass is 407 g/mol. The average Bonchev–Trinajstić information content (AvgIpc) is 3.32. The molecule has 3 aliphatic rings. The molecule has 0 saturated carbocycles. The van der Waals surface area contributed by atoms with E-state index in [0.717, 1.165) is 29.2 Å². The van der Waals surface area contributed by atoms with Crippen molar-refractivity contribution in [2.75, 3.05) is 37.7 Å². The highest BCUT2D eigenvalue weighted by Gasteiger charge is 2.35. The zero-order chi connectivity index (χ0) is 20.7. The van der Waals surface area contributed by atoms with Gasteiger partial charge in [-0.1, -0.05) is 12.1 Å². The van der Waals surface area contributed by atoms with Gasteiger partial charge >= 0.3 is 0 Å². The van der Waals surface area contributed by atoms with E-state index in [-0.39, 0.29) is 30.7 Å². The molecule has 1 saturated heterocycles. The summed E-state index contributed by atoms with van der Waals surface area (Å²) in [5, 5.41) is 0. The molecule has 3 aliphatic heterocycles. The maximum Gasteiger partial charge on any atom is 0.261 e. The van der Waals surface area contributed by atoms with E-state index in [1.807, 2.05) is 0 Å². The second kappa shape index (κ2) is 7.49. The van der Waals surface area contributed by atoms with Crippen LogP contribution < -0.4 is 4.90 Å². The number of hydrogen-bond donors (Lipinski definition) is 0. The minimum atomic E-state index is -0.339. The standard InChI is InChI=1S/C21H21N5O4/c27-18(5-6-26-19(28)15-3-1-2-4-16(15)20(26)29)25-12-14-11-22-21(23-17(14)13-25)24-7-9-30-10-8-24/h1-4,11H,5-10,12-13H2. The van der Waals surface area contributed by atoms with Crippen LogP contribution in [0.4, 0.5) is 5.95 Å². The highest BCUT2D eigenvalue weighted by Crippen LogP contribution is 2.25. The van der Waals surface area contributed by atoms with Gasteiger partial charge in [-0.15, -0.1) is 0 Å². The molecule has 0 radical (unpaired) electrons. The minimum Gasteiger partial charge on any atom is -0.378 e. The van der Waals surface area contributed by atoms with E-state index in [2.05, 4.69) is 14.9 Å². The first-order chi connectivity index (χ1) is 14.6. The van der Waals surface area contributed by atoms with Crippen LogP contribution in [0.25, 0.3) is 0 Å². The number of imide groups is 1. The molecular weight excluding hydrogens is 386 g/mol. The normalized spacial score (nSPS) is 18.1. The Hall–Kier alpha value is -3.33. The van der Waals surface area contributed by atoms with Crippen molar-refractivity contribution in [1.29, 1.82) is 0 Å². The number of ether oxygens (including phenoxy) is 1. The lowest BCUT2D eigenvalue weighted by Gasteiger charge is -2.26. The van der Waals surface area contributed by atoms with Gasteiger partial charge in [-0.25, -0.2) is 9.97 Å². The van der Waals surface area contributed by atoms with Crippen molar-refractivity contribution in [3.63, 3.8) is 0 Å². The molecule has 0 unspecified atom stereocenters. The van der Waals surface area contributed by atoms with Crippen LogP contribution in [0.2, 0.25) is 0 Å². The molecule has 5 rings (SSSR count). The number of hydrogen-bond acceptors (Lipinski definition) is 7. The molecule has 154 valence electrons. The number of rotatable bonds is 4. The van der Waals surface area contributed by atoms with E-state index >= 15 is 0 Å². The predicted molar refractivity (Wildman–Crippen MR) is 106 cm³/mol. The Morgan fingerprint density at radius 1 is 1.03 bits per heavy atom. The van der Waals surface area contributed by atoms with E-state index in [0.29, 0.717) is 43.4 Å². The molecule has 0 bridgehead atoms. The summed E-state index contributed by atoms with van der Waals surface area (Å²) in [6, 6.07) is 6.73. The Balaban J connectivity index is 1.21. The Bertz CT molecular complexity index is 999. The summed E-state index contributed by atoms with van der Waals surface area (Å²) in [5.41, 5.74) is 2.57. The Morgan fingerprint density at radius 3 is 2.43 bits per heavy atom. The Kier molecular flexibility index (Phi) is 4.66. The van der Waals surface area contributed by atoms with Gasteiger partial charge in [0.15, 0.2) is 0 Å². The molecule has 0 atom stereocenters. The average molecular weight is 407 g/mol. The predicted octanol–water partition coefficient (Wildman–Crippen LogP) is 0.842. The van der Waals surface area contributed by atoms with Crippen LogP contribution in [0.15, 0.2) is 30.5 Å². The van der Waals surface area contributed by atoms with Crippen molar-refractivity contribution < 1.29 is 19.1 Å². The van der Waals surface area contributed by atoms with Gasteiger partial charge in [-0.2, -0.15) is 0 Å². The van der Waals surface area contributed by atoms with E-state index in [1.54, 1.807) is 35.4 Å². The van der Waals surface area contributed by atoms with Gasteiger partial charge in [0.2, 0.25) is 11.9 Å². The molecule has 2 aromatic rings.